The van der Waals surface area contributed by atoms with Gasteiger partial charge in [0, 0.05) is 19.4 Å². The Morgan fingerprint density at radius 1 is 1.38 bits per heavy atom. The highest BCUT2D eigenvalue weighted by atomic mass is 16.5. The minimum atomic E-state index is -0.952. The van der Waals surface area contributed by atoms with Gasteiger partial charge in [0.1, 0.15) is 18.5 Å². The fourth-order valence-electron chi connectivity index (χ4n) is 4.39. The zero-order chi connectivity index (χ0) is 20.9. The Hall–Kier alpha value is -2.33. The highest BCUT2D eigenvalue weighted by molar-refractivity contribution is 5.66. The summed E-state index contributed by atoms with van der Waals surface area (Å²) in [5, 5.41) is 29.5. The molecule has 2 saturated carbocycles. The SMILES string of the molecule is CO[C@]12CC[C@@H](O)[C@H](C#C[C@@H](O)COc3ccccc3)[C@H]1C/C2=C/CCC(=O)O. The number of aliphatic hydroxyl groups is 2. The van der Waals surface area contributed by atoms with Crippen LogP contribution in [0, 0.1) is 23.7 Å². The van der Waals surface area contributed by atoms with Crippen LogP contribution in [0.4, 0.5) is 0 Å². The molecular formula is C23H28O6. The number of hydrogen-bond acceptors (Lipinski definition) is 5. The summed E-state index contributed by atoms with van der Waals surface area (Å²) in [4.78, 5) is 10.8. The van der Waals surface area contributed by atoms with Gasteiger partial charge >= 0.3 is 5.97 Å². The van der Waals surface area contributed by atoms with E-state index in [1.165, 1.54) is 0 Å². The first kappa shape index (κ1) is 21.4. The van der Waals surface area contributed by atoms with Gasteiger partial charge in [0.25, 0.3) is 0 Å². The monoisotopic (exact) mass is 400 g/mol. The number of hydrogen-bond donors (Lipinski definition) is 3. The summed E-state index contributed by atoms with van der Waals surface area (Å²) in [6.07, 6.45) is 2.96. The number of aliphatic carboxylic acids is 1. The van der Waals surface area contributed by atoms with Gasteiger partial charge in [-0.3, -0.25) is 4.79 Å². The molecule has 0 aromatic heterocycles. The van der Waals surface area contributed by atoms with Gasteiger partial charge in [-0.2, -0.15) is 0 Å². The van der Waals surface area contributed by atoms with Crippen LogP contribution in [0.5, 0.6) is 5.75 Å². The van der Waals surface area contributed by atoms with Crippen molar-refractivity contribution in [2.75, 3.05) is 13.7 Å². The Labute approximate surface area is 171 Å². The van der Waals surface area contributed by atoms with Crippen molar-refractivity contribution >= 4 is 5.97 Å². The van der Waals surface area contributed by atoms with Gasteiger partial charge in [-0.25, -0.2) is 0 Å². The number of para-hydroxylation sites is 1. The summed E-state index contributed by atoms with van der Waals surface area (Å²) in [7, 11) is 1.65. The fraction of sp³-hybridized carbons (Fsp3) is 0.522. The van der Waals surface area contributed by atoms with Crippen molar-refractivity contribution in [2.45, 2.75) is 49.9 Å². The van der Waals surface area contributed by atoms with E-state index in [0.29, 0.717) is 25.0 Å². The second kappa shape index (κ2) is 9.45. The molecule has 1 aromatic carbocycles. The molecule has 3 rings (SSSR count). The number of methoxy groups -OCH3 is 1. The molecule has 0 heterocycles. The summed E-state index contributed by atoms with van der Waals surface area (Å²) in [5.74, 6) is 5.46. The number of aliphatic hydroxyl groups excluding tert-OH is 2. The van der Waals surface area contributed by atoms with E-state index in [9.17, 15) is 15.0 Å². The first-order valence-electron chi connectivity index (χ1n) is 9.98. The van der Waals surface area contributed by atoms with Crippen LogP contribution >= 0.6 is 0 Å². The first-order chi connectivity index (χ1) is 14.0. The summed E-state index contributed by atoms with van der Waals surface area (Å²) >= 11 is 0. The number of carboxylic acids is 1. The lowest BCUT2D eigenvalue weighted by Crippen LogP contribution is -2.59. The second-order valence-corrected chi connectivity index (χ2v) is 7.63. The standard InChI is InChI=1S/C23H28O6/c1-28-23-13-12-21(25)19(20(23)14-16(23)6-5-9-22(26)27)11-10-17(24)15-29-18-7-3-2-4-8-18/h2-4,6-8,17,19-21,24-25H,5,9,12-15H2,1H3,(H,26,27)/b16-6-/t17-,19-,20-,21-,23+/m1/s1. The topological polar surface area (TPSA) is 96.2 Å². The molecule has 0 saturated heterocycles. The van der Waals surface area contributed by atoms with Crippen LogP contribution in [0.25, 0.3) is 0 Å². The fourth-order valence-corrected chi connectivity index (χ4v) is 4.39. The third-order valence-corrected chi connectivity index (χ3v) is 5.92. The van der Waals surface area contributed by atoms with Crippen molar-refractivity contribution in [3.05, 3.63) is 42.0 Å². The molecule has 0 unspecified atom stereocenters. The predicted octanol–water partition coefficient (Wildman–Crippen LogP) is 2.40. The van der Waals surface area contributed by atoms with E-state index in [-0.39, 0.29) is 24.9 Å². The van der Waals surface area contributed by atoms with Gasteiger partial charge in [0.05, 0.1) is 17.6 Å². The summed E-state index contributed by atoms with van der Waals surface area (Å²) in [6.45, 7) is 0.0558. The highest BCUT2D eigenvalue weighted by Gasteiger charge is 2.58. The molecule has 6 nitrogen and oxygen atoms in total. The minimum absolute atomic E-state index is 0.0297. The molecule has 0 bridgehead atoms. The first-order valence-corrected chi connectivity index (χ1v) is 9.98. The highest BCUT2D eigenvalue weighted by Crippen LogP contribution is 2.56. The lowest BCUT2D eigenvalue weighted by atomic mass is 9.53. The lowest BCUT2D eigenvalue weighted by molar-refractivity contribution is -0.139. The molecule has 0 radical (unpaired) electrons. The van der Waals surface area contributed by atoms with Gasteiger partial charge in [0.15, 0.2) is 0 Å². The molecule has 0 aliphatic heterocycles. The third-order valence-electron chi connectivity index (χ3n) is 5.92. The molecule has 1 aromatic rings. The molecule has 2 aliphatic carbocycles. The molecule has 0 amide bonds. The lowest BCUT2D eigenvalue weighted by Gasteiger charge is -2.57. The van der Waals surface area contributed by atoms with Crippen LogP contribution in [0.1, 0.15) is 32.1 Å². The van der Waals surface area contributed by atoms with Crippen molar-refractivity contribution in [1.29, 1.82) is 0 Å². The van der Waals surface area contributed by atoms with Crippen LogP contribution in [-0.4, -0.2) is 52.8 Å². The maximum atomic E-state index is 10.8. The van der Waals surface area contributed by atoms with E-state index in [0.717, 1.165) is 12.0 Å². The molecule has 0 spiro atoms. The van der Waals surface area contributed by atoms with E-state index in [1.54, 1.807) is 7.11 Å². The normalized spacial score (nSPS) is 30.4. The Morgan fingerprint density at radius 3 is 2.83 bits per heavy atom. The van der Waals surface area contributed by atoms with Crippen LogP contribution in [-0.2, 0) is 9.53 Å². The molecule has 2 aliphatic rings. The van der Waals surface area contributed by atoms with Crippen LogP contribution in [0.3, 0.4) is 0 Å². The molecule has 3 N–H and O–H groups in total. The number of carbonyl (C=O) groups is 1. The van der Waals surface area contributed by atoms with Crippen LogP contribution < -0.4 is 4.74 Å². The van der Waals surface area contributed by atoms with E-state index < -0.39 is 23.8 Å². The Morgan fingerprint density at radius 2 is 2.14 bits per heavy atom. The van der Waals surface area contributed by atoms with Gasteiger partial charge < -0.3 is 24.8 Å². The summed E-state index contributed by atoms with van der Waals surface area (Å²) in [5.41, 5.74) is 0.612. The summed E-state index contributed by atoms with van der Waals surface area (Å²) in [6, 6.07) is 9.22. The number of carboxylic acid groups (broad SMARTS) is 1. The van der Waals surface area contributed by atoms with Crippen molar-refractivity contribution in [2.24, 2.45) is 11.8 Å². The summed E-state index contributed by atoms with van der Waals surface area (Å²) < 4.78 is 11.4. The predicted molar refractivity (Wildman–Crippen MR) is 107 cm³/mol. The van der Waals surface area contributed by atoms with E-state index in [2.05, 4.69) is 11.8 Å². The van der Waals surface area contributed by atoms with Gasteiger partial charge in [-0.1, -0.05) is 36.1 Å². The van der Waals surface area contributed by atoms with Gasteiger partial charge in [-0.15, -0.1) is 0 Å². The number of benzene rings is 1. The third kappa shape index (κ3) is 4.81. The van der Waals surface area contributed by atoms with E-state index in [4.69, 9.17) is 14.6 Å². The molecule has 156 valence electrons. The minimum Gasteiger partial charge on any atom is -0.490 e. The second-order valence-electron chi connectivity index (χ2n) is 7.63. The van der Waals surface area contributed by atoms with Gasteiger partial charge in [0.2, 0.25) is 0 Å². The average Bonchev–Trinajstić information content (AvgIpc) is 2.70. The number of rotatable bonds is 7. The smallest absolute Gasteiger partial charge is 0.303 e. The largest absolute Gasteiger partial charge is 0.490 e. The van der Waals surface area contributed by atoms with Gasteiger partial charge in [-0.05, 0) is 43.4 Å². The average molecular weight is 400 g/mol. The van der Waals surface area contributed by atoms with E-state index in [1.807, 2.05) is 36.4 Å². The molecule has 29 heavy (non-hydrogen) atoms. The molecule has 2 fully saturated rings. The molecular weight excluding hydrogens is 372 g/mol. The number of fused-ring (bicyclic) bond motifs is 1. The zero-order valence-corrected chi connectivity index (χ0v) is 16.6. The number of allylic oxidation sites excluding steroid dienone is 1. The Bertz CT molecular complexity index is 793. The molecule has 5 atom stereocenters. The quantitative estimate of drug-likeness (QED) is 0.480. The number of ether oxygens (including phenoxy) is 2. The zero-order valence-electron chi connectivity index (χ0n) is 16.6. The van der Waals surface area contributed by atoms with Crippen molar-refractivity contribution in [1.82, 2.24) is 0 Å². The maximum Gasteiger partial charge on any atom is 0.303 e. The Kier molecular flexibility index (Phi) is 6.96. The Balaban J connectivity index is 1.64. The van der Waals surface area contributed by atoms with Crippen molar-refractivity contribution in [3.63, 3.8) is 0 Å². The van der Waals surface area contributed by atoms with Crippen molar-refractivity contribution < 1.29 is 29.6 Å². The van der Waals surface area contributed by atoms with Crippen molar-refractivity contribution in [3.8, 4) is 17.6 Å². The molecule has 6 heteroatoms. The van der Waals surface area contributed by atoms with Crippen LogP contribution in [0.2, 0.25) is 0 Å². The van der Waals surface area contributed by atoms with E-state index >= 15 is 0 Å². The van der Waals surface area contributed by atoms with Crippen LogP contribution in [0.15, 0.2) is 42.0 Å². The maximum absolute atomic E-state index is 10.8.